The zero-order chi connectivity index (χ0) is 11.2. The van der Waals surface area contributed by atoms with Crippen molar-refractivity contribution >= 4 is 23.1 Å². The van der Waals surface area contributed by atoms with Crippen molar-refractivity contribution < 1.29 is 4.79 Å². The number of nitrogen functional groups attached to an aromatic ring is 1. The van der Waals surface area contributed by atoms with E-state index in [2.05, 4.69) is 0 Å². The number of Topliss-reactive ketones (excluding diaryl/α,β-unsaturated/α-hetero) is 1. The molecule has 1 aliphatic carbocycles. The number of nitrogens with two attached hydrogens (primary N) is 2. The number of ketones is 1. The summed E-state index contributed by atoms with van der Waals surface area (Å²) in [5.74, 6) is -0.0616. The Morgan fingerprint density at radius 1 is 1.53 bits per heavy atom. The zero-order valence-electron chi connectivity index (χ0n) is 8.51. The van der Waals surface area contributed by atoms with Gasteiger partial charge in [-0.05, 0) is 37.0 Å². The van der Waals surface area contributed by atoms with Gasteiger partial charge in [0.05, 0.1) is 6.04 Å². The van der Waals surface area contributed by atoms with Crippen molar-refractivity contribution in [3.05, 3.63) is 27.8 Å². The van der Waals surface area contributed by atoms with Crippen LogP contribution in [0, 0.1) is 6.92 Å². The summed E-state index contributed by atoms with van der Waals surface area (Å²) in [6.07, 6.45) is 1.45. The number of hydrogen-bond acceptors (Lipinski definition) is 3. The van der Waals surface area contributed by atoms with Crippen molar-refractivity contribution in [1.29, 1.82) is 0 Å². The molecule has 2 rings (SSSR count). The van der Waals surface area contributed by atoms with Crippen LogP contribution in [-0.2, 0) is 6.42 Å². The minimum Gasteiger partial charge on any atom is -0.398 e. The summed E-state index contributed by atoms with van der Waals surface area (Å²) in [7, 11) is 0. The lowest BCUT2D eigenvalue weighted by molar-refractivity contribution is 0.0949. The topological polar surface area (TPSA) is 69.1 Å². The summed E-state index contributed by atoms with van der Waals surface area (Å²) >= 11 is 6.01. The van der Waals surface area contributed by atoms with E-state index in [1.54, 1.807) is 6.07 Å². The fourth-order valence-electron chi connectivity index (χ4n) is 2.04. The SMILES string of the molecule is Cc1c(Cl)cc(N)c2c1CCC(N)C2=O. The molecular weight excluding hydrogens is 212 g/mol. The average molecular weight is 225 g/mol. The van der Waals surface area contributed by atoms with E-state index in [9.17, 15) is 4.79 Å². The van der Waals surface area contributed by atoms with Gasteiger partial charge in [0.15, 0.2) is 5.78 Å². The first-order valence-electron chi connectivity index (χ1n) is 4.89. The lowest BCUT2D eigenvalue weighted by atomic mass is 9.84. The van der Waals surface area contributed by atoms with E-state index in [1.165, 1.54) is 0 Å². The molecule has 1 atom stereocenters. The highest BCUT2D eigenvalue weighted by Gasteiger charge is 2.28. The maximum absolute atomic E-state index is 11.9. The predicted octanol–water partition coefficient (Wildman–Crippen LogP) is 1.69. The van der Waals surface area contributed by atoms with Crippen LogP contribution in [0.4, 0.5) is 5.69 Å². The Morgan fingerprint density at radius 3 is 2.87 bits per heavy atom. The molecule has 0 fully saturated rings. The van der Waals surface area contributed by atoms with Gasteiger partial charge in [0.1, 0.15) is 0 Å². The number of rotatable bonds is 0. The highest BCUT2D eigenvalue weighted by atomic mass is 35.5. The molecule has 0 amide bonds. The number of anilines is 1. The van der Waals surface area contributed by atoms with Gasteiger partial charge in [0.25, 0.3) is 0 Å². The van der Waals surface area contributed by atoms with Crippen LogP contribution < -0.4 is 11.5 Å². The molecule has 1 aromatic carbocycles. The quantitative estimate of drug-likeness (QED) is 0.659. The number of hydrogen-bond donors (Lipinski definition) is 2. The Labute approximate surface area is 93.4 Å². The van der Waals surface area contributed by atoms with Gasteiger partial charge in [-0.2, -0.15) is 0 Å². The first-order chi connectivity index (χ1) is 7.02. The molecule has 0 saturated heterocycles. The van der Waals surface area contributed by atoms with Gasteiger partial charge in [-0.1, -0.05) is 11.6 Å². The molecule has 3 nitrogen and oxygen atoms in total. The molecule has 80 valence electrons. The second kappa shape index (κ2) is 3.51. The molecule has 0 saturated carbocycles. The molecule has 0 bridgehead atoms. The lowest BCUT2D eigenvalue weighted by Gasteiger charge is -2.23. The number of benzene rings is 1. The van der Waals surface area contributed by atoms with Crippen molar-refractivity contribution in [3.8, 4) is 0 Å². The van der Waals surface area contributed by atoms with Gasteiger partial charge in [-0.25, -0.2) is 0 Å². The highest BCUT2D eigenvalue weighted by molar-refractivity contribution is 6.32. The molecule has 1 aliphatic rings. The lowest BCUT2D eigenvalue weighted by Crippen LogP contribution is -2.36. The Hall–Kier alpha value is -1.06. The summed E-state index contributed by atoms with van der Waals surface area (Å²) in [6.45, 7) is 1.91. The summed E-state index contributed by atoms with van der Waals surface area (Å²) in [4.78, 5) is 11.9. The van der Waals surface area contributed by atoms with Crippen LogP contribution in [0.3, 0.4) is 0 Å². The minimum absolute atomic E-state index is 0.0616. The van der Waals surface area contributed by atoms with Gasteiger partial charge in [0.2, 0.25) is 0 Å². The predicted molar refractivity (Wildman–Crippen MR) is 61.2 cm³/mol. The molecule has 1 unspecified atom stereocenters. The van der Waals surface area contributed by atoms with Crippen LogP contribution in [0.5, 0.6) is 0 Å². The summed E-state index contributed by atoms with van der Waals surface area (Å²) < 4.78 is 0. The van der Waals surface area contributed by atoms with Crippen molar-refractivity contribution in [2.45, 2.75) is 25.8 Å². The van der Waals surface area contributed by atoms with E-state index in [-0.39, 0.29) is 5.78 Å². The average Bonchev–Trinajstić information content (AvgIpc) is 2.18. The van der Waals surface area contributed by atoms with Crippen LogP contribution >= 0.6 is 11.6 Å². The van der Waals surface area contributed by atoms with Crippen molar-refractivity contribution in [1.82, 2.24) is 0 Å². The summed E-state index contributed by atoms with van der Waals surface area (Å²) in [6, 6.07) is 1.21. The van der Waals surface area contributed by atoms with Gasteiger partial charge < -0.3 is 11.5 Å². The number of fused-ring (bicyclic) bond motifs is 1. The summed E-state index contributed by atoms with van der Waals surface area (Å²) in [5, 5.41) is 0.620. The highest BCUT2D eigenvalue weighted by Crippen LogP contribution is 2.33. The van der Waals surface area contributed by atoms with Crippen LogP contribution in [0.25, 0.3) is 0 Å². The maximum atomic E-state index is 11.9. The largest absolute Gasteiger partial charge is 0.398 e. The molecule has 1 aromatic rings. The van der Waals surface area contributed by atoms with Crippen molar-refractivity contribution in [3.63, 3.8) is 0 Å². The molecular formula is C11H13ClN2O. The number of halogens is 1. The first-order valence-corrected chi connectivity index (χ1v) is 5.27. The first kappa shape index (κ1) is 10.5. The Kier molecular flexibility index (Phi) is 2.44. The molecule has 0 aromatic heterocycles. The number of carbonyl (C=O) groups excluding carboxylic acids is 1. The molecule has 0 heterocycles. The monoisotopic (exact) mass is 224 g/mol. The third-order valence-corrected chi connectivity index (χ3v) is 3.36. The van der Waals surface area contributed by atoms with Crippen LogP contribution in [0.1, 0.15) is 27.9 Å². The van der Waals surface area contributed by atoms with Gasteiger partial charge >= 0.3 is 0 Å². The van der Waals surface area contributed by atoms with E-state index < -0.39 is 6.04 Å². The summed E-state index contributed by atoms with van der Waals surface area (Å²) in [5.41, 5.74) is 14.4. The van der Waals surface area contributed by atoms with E-state index in [0.29, 0.717) is 22.7 Å². The molecule has 0 radical (unpaired) electrons. The van der Waals surface area contributed by atoms with Crippen molar-refractivity contribution in [2.75, 3.05) is 5.73 Å². The fraction of sp³-hybridized carbons (Fsp3) is 0.364. The van der Waals surface area contributed by atoms with Crippen LogP contribution in [-0.4, -0.2) is 11.8 Å². The third-order valence-electron chi connectivity index (χ3n) is 2.97. The molecule has 15 heavy (non-hydrogen) atoms. The Bertz CT molecular complexity index is 443. The minimum atomic E-state index is -0.416. The Balaban J connectivity index is 2.69. The van der Waals surface area contributed by atoms with Crippen LogP contribution in [0.15, 0.2) is 6.07 Å². The second-order valence-electron chi connectivity index (χ2n) is 3.94. The van der Waals surface area contributed by atoms with Gasteiger partial charge in [-0.15, -0.1) is 0 Å². The van der Waals surface area contributed by atoms with E-state index >= 15 is 0 Å². The molecule has 4 N–H and O–H groups in total. The fourth-order valence-corrected chi connectivity index (χ4v) is 2.27. The maximum Gasteiger partial charge on any atom is 0.181 e. The third kappa shape index (κ3) is 1.52. The normalized spacial score (nSPS) is 20.2. The second-order valence-corrected chi connectivity index (χ2v) is 4.34. The Morgan fingerprint density at radius 2 is 2.20 bits per heavy atom. The molecule has 0 aliphatic heterocycles. The van der Waals surface area contributed by atoms with Crippen molar-refractivity contribution in [2.24, 2.45) is 5.73 Å². The smallest absolute Gasteiger partial charge is 0.181 e. The van der Waals surface area contributed by atoms with Gasteiger partial charge in [0, 0.05) is 16.3 Å². The van der Waals surface area contributed by atoms with E-state index in [4.69, 9.17) is 23.1 Å². The van der Waals surface area contributed by atoms with Gasteiger partial charge in [-0.3, -0.25) is 4.79 Å². The standard InChI is InChI=1S/C11H13ClN2O/c1-5-6-2-3-8(13)11(15)10(6)9(14)4-7(5)12/h4,8H,2-3,13-14H2,1H3. The van der Waals surface area contributed by atoms with E-state index in [1.807, 2.05) is 6.92 Å². The zero-order valence-corrected chi connectivity index (χ0v) is 9.27. The number of carbonyl (C=O) groups is 1. The van der Waals surface area contributed by atoms with E-state index in [0.717, 1.165) is 17.5 Å². The van der Waals surface area contributed by atoms with Crippen LogP contribution in [0.2, 0.25) is 5.02 Å². The molecule has 4 heteroatoms. The molecule has 0 spiro atoms.